The minimum absolute atomic E-state index is 0.0318. The molecule has 0 bridgehead atoms. The van der Waals surface area contributed by atoms with Crippen LogP contribution in [0.4, 0.5) is 0 Å². The van der Waals surface area contributed by atoms with Crippen LogP contribution < -0.4 is 0 Å². The van der Waals surface area contributed by atoms with Crippen molar-refractivity contribution in [3.05, 3.63) is 0 Å². The van der Waals surface area contributed by atoms with E-state index in [1.54, 1.807) is 13.8 Å². The highest BCUT2D eigenvalue weighted by Gasteiger charge is 2.57. The Bertz CT molecular complexity index is 1300. The quantitative estimate of drug-likeness (QED) is 0.0653. The number of hydrogen-bond donors (Lipinski definition) is 10. The molecule has 60 heavy (non-hydrogen) atoms. The molecule has 21 nitrogen and oxygen atoms in total. The van der Waals surface area contributed by atoms with Gasteiger partial charge < -0.3 is 103 Å². The third-order valence-electron chi connectivity index (χ3n) is 12.7. The summed E-state index contributed by atoms with van der Waals surface area (Å²) in [5, 5.41) is 107. The van der Waals surface area contributed by atoms with E-state index in [-0.39, 0.29) is 50.2 Å². The Hall–Kier alpha value is -0.840. The molecular formula is C39H70O21. The van der Waals surface area contributed by atoms with E-state index in [1.807, 2.05) is 20.8 Å². The molecule has 0 aromatic carbocycles. The second kappa shape index (κ2) is 21.4. The van der Waals surface area contributed by atoms with Gasteiger partial charge in [0.2, 0.25) is 0 Å². The lowest BCUT2D eigenvalue weighted by Crippen LogP contribution is -2.65. The molecular weight excluding hydrogens is 804 g/mol. The summed E-state index contributed by atoms with van der Waals surface area (Å²) in [5.74, 6) is -5.02. The first-order valence-electron chi connectivity index (χ1n) is 20.9. The number of hydrogen-bond acceptors (Lipinski definition) is 21. The van der Waals surface area contributed by atoms with Gasteiger partial charge in [0.25, 0.3) is 0 Å². The van der Waals surface area contributed by atoms with Gasteiger partial charge in [0.1, 0.15) is 54.9 Å². The molecule has 5 heterocycles. The van der Waals surface area contributed by atoms with Crippen LogP contribution >= 0.6 is 0 Å². The second-order valence-corrected chi connectivity index (χ2v) is 17.4. The van der Waals surface area contributed by atoms with Crippen LogP contribution in [0, 0.1) is 23.7 Å². The molecule has 5 fully saturated rings. The van der Waals surface area contributed by atoms with Gasteiger partial charge in [-0.3, -0.25) is 0 Å². The highest BCUT2D eigenvalue weighted by molar-refractivity contribution is 4.96. The number of ether oxygens (including phenoxy) is 11. The summed E-state index contributed by atoms with van der Waals surface area (Å²) >= 11 is 0. The molecule has 0 radical (unpaired) electrons. The molecule has 5 saturated heterocycles. The maximum atomic E-state index is 11.8. The number of rotatable bonds is 17. The van der Waals surface area contributed by atoms with Crippen molar-refractivity contribution in [2.75, 3.05) is 47.3 Å². The SMILES string of the molecule is COCC1OC(O[C@@H]2[C@H](O)C(O[C@H]3C[C@H](O)C(OC)OC3CO)OC(CO)[C@@H]2O)[C@@H](C)C[C@@H]1OC1OC(CO)[C@@](O)(O[C@]2(C)C[C@@H](O)[C@@H](C)C(C(C)C(C)CO)O2)C[C@@H]1O. The summed E-state index contributed by atoms with van der Waals surface area (Å²) in [6, 6.07) is 0. The maximum Gasteiger partial charge on any atom is 0.200 e. The van der Waals surface area contributed by atoms with Crippen molar-refractivity contribution in [2.24, 2.45) is 23.7 Å². The predicted molar refractivity (Wildman–Crippen MR) is 201 cm³/mol. The summed E-state index contributed by atoms with van der Waals surface area (Å²) in [4.78, 5) is 0. The number of aliphatic hydroxyl groups is 10. The number of methoxy groups -OCH3 is 2. The molecule has 352 valence electrons. The highest BCUT2D eigenvalue weighted by atomic mass is 16.8. The summed E-state index contributed by atoms with van der Waals surface area (Å²) in [5.41, 5.74) is 0. The van der Waals surface area contributed by atoms with E-state index in [0.29, 0.717) is 0 Å². The zero-order chi connectivity index (χ0) is 44.3. The first-order valence-corrected chi connectivity index (χ1v) is 20.9. The fourth-order valence-electron chi connectivity index (χ4n) is 8.88. The van der Waals surface area contributed by atoms with Crippen molar-refractivity contribution in [1.29, 1.82) is 0 Å². The van der Waals surface area contributed by atoms with Crippen LogP contribution in [-0.2, 0) is 52.1 Å². The minimum atomic E-state index is -2.28. The molecule has 0 aliphatic carbocycles. The second-order valence-electron chi connectivity index (χ2n) is 17.4. The number of aliphatic hydroxyl groups excluding tert-OH is 9. The molecule has 23 atom stereocenters. The Labute approximate surface area is 350 Å². The van der Waals surface area contributed by atoms with Crippen molar-refractivity contribution < 1.29 is 103 Å². The van der Waals surface area contributed by atoms with Gasteiger partial charge in [-0.05, 0) is 25.2 Å². The van der Waals surface area contributed by atoms with Crippen molar-refractivity contribution in [3.8, 4) is 0 Å². The van der Waals surface area contributed by atoms with Crippen molar-refractivity contribution in [3.63, 3.8) is 0 Å². The lowest BCUT2D eigenvalue weighted by molar-refractivity contribution is -0.436. The van der Waals surface area contributed by atoms with E-state index in [0.717, 1.165) is 0 Å². The summed E-state index contributed by atoms with van der Waals surface area (Å²) in [6.07, 6.45) is -20.4. The van der Waals surface area contributed by atoms with Crippen molar-refractivity contribution >= 4 is 0 Å². The molecule has 0 aromatic rings. The van der Waals surface area contributed by atoms with Crippen LogP contribution in [0.25, 0.3) is 0 Å². The molecule has 11 unspecified atom stereocenters. The highest BCUT2D eigenvalue weighted by Crippen LogP contribution is 2.44. The van der Waals surface area contributed by atoms with E-state index < -0.39 is 148 Å². The standard InChI is InChI=1S/C39H70O21/c1-17-8-24(52-36-23(46)11-39(49,29(15-43)57-36)60-38(5)10-22(45)20(4)32(59-38)19(3)18(2)12-40)28(16-50-6)56-34(17)58-33-30(47)27(14-42)55-37(31(33)48)53-25-9-21(44)35(51-7)54-26(25)13-41/h17-37,40-49H,8-16H2,1-7H3/t17-,18?,19?,20+,21-,22+,23-,24-,25-,26?,27?,28?,29?,30-,31-,32?,33-,34?,35?,36?,37?,38+,39-/m0/s1. The van der Waals surface area contributed by atoms with Gasteiger partial charge in [-0.1, -0.05) is 27.7 Å². The van der Waals surface area contributed by atoms with Crippen LogP contribution in [0.3, 0.4) is 0 Å². The zero-order valence-corrected chi connectivity index (χ0v) is 35.5. The van der Waals surface area contributed by atoms with Gasteiger partial charge in [0.05, 0.1) is 50.8 Å². The average Bonchev–Trinajstić information content (AvgIpc) is 3.20. The van der Waals surface area contributed by atoms with Crippen LogP contribution in [0.1, 0.15) is 60.3 Å². The summed E-state index contributed by atoms with van der Waals surface area (Å²) < 4.78 is 65.0. The van der Waals surface area contributed by atoms with Crippen LogP contribution in [0.2, 0.25) is 0 Å². The van der Waals surface area contributed by atoms with Gasteiger partial charge in [0, 0.05) is 51.9 Å². The van der Waals surface area contributed by atoms with Crippen molar-refractivity contribution in [2.45, 2.75) is 176 Å². The minimum Gasteiger partial charge on any atom is -0.396 e. The monoisotopic (exact) mass is 874 g/mol. The fraction of sp³-hybridized carbons (Fsp3) is 1.00. The first-order chi connectivity index (χ1) is 28.4. The van der Waals surface area contributed by atoms with Crippen LogP contribution in [-0.4, -0.2) is 214 Å². The van der Waals surface area contributed by atoms with E-state index in [2.05, 4.69) is 0 Å². The first kappa shape index (κ1) is 50.2. The molecule has 5 rings (SSSR count). The Morgan fingerprint density at radius 1 is 0.683 bits per heavy atom. The largest absolute Gasteiger partial charge is 0.396 e. The Balaban J connectivity index is 1.24. The molecule has 0 aromatic heterocycles. The van der Waals surface area contributed by atoms with Gasteiger partial charge in [-0.2, -0.15) is 0 Å². The van der Waals surface area contributed by atoms with E-state index >= 15 is 0 Å². The normalized spacial score (nSPS) is 49.0. The van der Waals surface area contributed by atoms with Gasteiger partial charge in [-0.25, -0.2) is 0 Å². The summed E-state index contributed by atoms with van der Waals surface area (Å²) in [6.45, 7) is 6.83. The van der Waals surface area contributed by atoms with E-state index in [1.165, 1.54) is 14.2 Å². The average molecular weight is 875 g/mol. The third kappa shape index (κ3) is 11.1. The molecule has 0 saturated carbocycles. The van der Waals surface area contributed by atoms with Gasteiger partial charge >= 0.3 is 0 Å². The van der Waals surface area contributed by atoms with Crippen LogP contribution in [0.15, 0.2) is 0 Å². The predicted octanol–water partition coefficient (Wildman–Crippen LogP) is -2.97. The molecule has 5 aliphatic rings. The smallest absolute Gasteiger partial charge is 0.200 e. The molecule has 0 amide bonds. The molecule has 10 N–H and O–H groups in total. The van der Waals surface area contributed by atoms with Gasteiger partial charge in [0.15, 0.2) is 36.7 Å². The van der Waals surface area contributed by atoms with Crippen LogP contribution in [0.5, 0.6) is 0 Å². The zero-order valence-electron chi connectivity index (χ0n) is 35.5. The van der Waals surface area contributed by atoms with E-state index in [9.17, 15) is 51.1 Å². The maximum absolute atomic E-state index is 11.8. The topological polar surface area (TPSA) is 304 Å². The third-order valence-corrected chi connectivity index (χ3v) is 12.7. The van der Waals surface area contributed by atoms with E-state index in [4.69, 9.17) is 52.1 Å². The lowest BCUT2D eigenvalue weighted by atomic mass is 9.79. The Kier molecular flexibility index (Phi) is 17.9. The Morgan fingerprint density at radius 3 is 1.93 bits per heavy atom. The lowest BCUT2D eigenvalue weighted by Gasteiger charge is -2.52. The molecule has 5 aliphatic heterocycles. The molecule has 21 heteroatoms. The Morgan fingerprint density at radius 2 is 1.32 bits per heavy atom. The van der Waals surface area contributed by atoms with Crippen molar-refractivity contribution in [1.82, 2.24) is 0 Å². The fourth-order valence-corrected chi connectivity index (χ4v) is 8.88. The molecule has 0 spiro atoms. The van der Waals surface area contributed by atoms with Gasteiger partial charge in [-0.15, -0.1) is 0 Å². The summed E-state index contributed by atoms with van der Waals surface area (Å²) in [7, 11) is 2.77.